The molecule has 0 saturated heterocycles. The van der Waals surface area contributed by atoms with Gasteiger partial charge >= 0.3 is 0 Å². The Bertz CT molecular complexity index is 238. The molecule has 2 fully saturated rings. The Morgan fingerprint density at radius 2 is 2.12 bits per heavy atom. The Kier molecular flexibility index (Phi) is 4.45. The van der Waals surface area contributed by atoms with Gasteiger partial charge in [-0.3, -0.25) is 0 Å². The third-order valence-electron chi connectivity index (χ3n) is 4.74. The molecular weight excluding hydrogens is 214 g/mol. The maximum absolute atomic E-state index is 8.97. The summed E-state index contributed by atoms with van der Waals surface area (Å²) in [5.74, 6) is 0. The maximum atomic E-state index is 8.97. The highest BCUT2D eigenvalue weighted by molar-refractivity contribution is 5.10. The highest BCUT2D eigenvalue weighted by Crippen LogP contribution is 2.54. The average molecular weight is 241 g/mol. The van der Waals surface area contributed by atoms with Crippen molar-refractivity contribution in [3.63, 3.8) is 0 Å². The van der Waals surface area contributed by atoms with Crippen LogP contribution in [0.5, 0.6) is 0 Å². The topological polar surface area (TPSA) is 41.5 Å². The molecule has 2 saturated carbocycles. The van der Waals surface area contributed by atoms with Gasteiger partial charge in [-0.15, -0.1) is 0 Å². The van der Waals surface area contributed by atoms with Crippen molar-refractivity contribution in [2.75, 3.05) is 13.2 Å². The molecule has 3 unspecified atom stereocenters. The van der Waals surface area contributed by atoms with Crippen LogP contribution in [0, 0.1) is 5.41 Å². The van der Waals surface area contributed by atoms with Crippen molar-refractivity contribution in [1.82, 2.24) is 5.32 Å². The molecule has 0 heterocycles. The van der Waals surface area contributed by atoms with E-state index in [-0.39, 0.29) is 6.61 Å². The lowest BCUT2D eigenvalue weighted by atomic mass is 9.60. The fourth-order valence-corrected chi connectivity index (χ4v) is 3.74. The first-order valence-electron chi connectivity index (χ1n) is 7.21. The predicted molar refractivity (Wildman–Crippen MR) is 69.0 cm³/mol. The zero-order chi connectivity index (χ0) is 12.3. The van der Waals surface area contributed by atoms with E-state index in [1.54, 1.807) is 0 Å². The average Bonchev–Trinajstić information content (AvgIpc) is 2.80. The van der Waals surface area contributed by atoms with Gasteiger partial charge in [0.05, 0.1) is 6.10 Å². The SMILES string of the molecule is CCOC1CC(NC(C)CCO)C12CCCC2. The lowest BCUT2D eigenvalue weighted by Gasteiger charge is -2.55. The van der Waals surface area contributed by atoms with E-state index >= 15 is 0 Å². The lowest BCUT2D eigenvalue weighted by molar-refractivity contribution is -0.132. The molecule has 2 rings (SSSR count). The number of aliphatic hydroxyl groups is 1. The summed E-state index contributed by atoms with van der Waals surface area (Å²) in [5, 5.41) is 12.7. The van der Waals surface area contributed by atoms with Crippen molar-refractivity contribution in [1.29, 1.82) is 0 Å². The molecule has 0 amide bonds. The van der Waals surface area contributed by atoms with E-state index in [0.29, 0.717) is 23.6 Å². The first-order valence-corrected chi connectivity index (χ1v) is 7.21. The molecule has 2 aliphatic carbocycles. The number of rotatable bonds is 6. The lowest BCUT2D eigenvalue weighted by Crippen LogP contribution is -2.64. The smallest absolute Gasteiger partial charge is 0.0661 e. The van der Waals surface area contributed by atoms with Crippen molar-refractivity contribution >= 4 is 0 Å². The van der Waals surface area contributed by atoms with Crippen molar-refractivity contribution in [3.05, 3.63) is 0 Å². The third-order valence-corrected chi connectivity index (χ3v) is 4.74. The standard InChI is InChI=1S/C14H27NO2/c1-3-17-13-10-12(15-11(2)6-9-16)14(13)7-4-5-8-14/h11-13,15-16H,3-10H2,1-2H3. The largest absolute Gasteiger partial charge is 0.396 e. The van der Waals surface area contributed by atoms with Gasteiger partial charge in [0.2, 0.25) is 0 Å². The van der Waals surface area contributed by atoms with Crippen LogP contribution in [0.4, 0.5) is 0 Å². The fraction of sp³-hybridized carbons (Fsp3) is 1.00. The highest BCUT2D eigenvalue weighted by Gasteiger charge is 2.56. The molecule has 0 aromatic rings. The van der Waals surface area contributed by atoms with E-state index in [1.807, 2.05) is 0 Å². The summed E-state index contributed by atoms with van der Waals surface area (Å²) < 4.78 is 5.90. The van der Waals surface area contributed by atoms with Gasteiger partial charge in [0.15, 0.2) is 0 Å². The molecule has 2 aliphatic rings. The van der Waals surface area contributed by atoms with Gasteiger partial charge in [-0.05, 0) is 39.5 Å². The first kappa shape index (κ1) is 13.3. The van der Waals surface area contributed by atoms with Gasteiger partial charge < -0.3 is 15.2 Å². The Labute approximate surface area is 105 Å². The van der Waals surface area contributed by atoms with Crippen molar-refractivity contribution in [3.8, 4) is 0 Å². The Balaban J connectivity index is 1.91. The van der Waals surface area contributed by atoms with Crippen LogP contribution >= 0.6 is 0 Å². The summed E-state index contributed by atoms with van der Waals surface area (Å²) in [7, 11) is 0. The molecule has 1 spiro atoms. The second kappa shape index (κ2) is 5.68. The molecule has 3 nitrogen and oxygen atoms in total. The molecule has 0 aliphatic heterocycles. The number of ether oxygens (including phenoxy) is 1. The first-order chi connectivity index (χ1) is 8.23. The Morgan fingerprint density at radius 1 is 1.41 bits per heavy atom. The summed E-state index contributed by atoms with van der Waals surface area (Å²) in [5.41, 5.74) is 0.416. The van der Waals surface area contributed by atoms with Crippen LogP contribution in [0.1, 0.15) is 52.4 Å². The number of nitrogens with one attached hydrogen (secondary N) is 1. The van der Waals surface area contributed by atoms with Gasteiger partial charge in [-0.25, -0.2) is 0 Å². The molecule has 0 aromatic heterocycles. The minimum Gasteiger partial charge on any atom is -0.396 e. The van der Waals surface area contributed by atoms with E-state index < -0.39 is 0 Å². The monoisotopic (exact) mass is 241 g/mol. The maximum Gasteiger partial charge on any atom is 0.0661 e. The number of hydrogen-bond donors (Lipinski definition) is 2. The minimum atomic E-state index is 0.281. The van der Waals surface area contributed by atoms with Crippen LogP contribution in [0.3, 0.4) is 0 Å². The summed E-state index contributed by atoms with van der Waals surface area (Å²) in [6.45, 7) is 5.39. The molecular formula is C14H27NO2. The summed E-state index contributed by atoms with van der Waals surface area (Å²) in [4.78, 5) is 0. The Hall–Kier alpha value is -0.120. The molecule has 100 valence electrons. The Morgan fingerprint density at radius 3 is 2.71 bits per heavy atom. The highest BCUT2D eigenvalue weighted by atomic mass is 16.5. The fourth-order valence-electron chi connectivity index (χ4n) is 3.74. The zero-order valence-corrected chi connectivity index (χ0v) is 11.2. The van der Waals surface area contributed by atoms with Gasteiger partial charge in [-0.1, -0.05) is 12.8 Å². The van der Waals surface area contributed by atoms with Crippen LogP contribution in [0.15, 0.2) is 0 Å². The quantitative estimate of drug-likeness (QED) is 0.748. The molecule has 3 atom stereocenters. The van der Waals surface area contributed by atoms with Gasteiger partial charge in [-0.2, -0.15) is 0 Å². The molecule has 0 radical (unpaired) electrons. The molecule has 2 N–H and O–H groups in total. The predicted octanol–water partition coefficient (Wildman–Crippen LogP) is 2.08. The number of aliphatic hydroxyl groups excluding tert-OH is 1. The van der Waals surface area contributed by atoms with Gasteiger partial charge in [0.1, 0.15) is 0 Å². The number of hydrogen-bond acceptors (Lipinski definition) is 3. The third kappa shape index (κ3) is 2.51. The van der Waals surface area contributed by atoms with Crippen LogP contribution in [0.2, 0.25) is 0 Å². The summed E-state index contributed by atoms with van der Waals surface area (Å²) >= 11 is 0. The van der Waals surface area contributed by atoms with Crippen molar-refractivity contribution in [2.45, 2.75) is 70.6 Å². The molecule has 0 aromatic carbocycles. The molecule has 3 heteroatoms. The second-order valence-corrected chi connectivity index (χ2v) is 5.75. The van der Waals surface area contributed by atoms with Gasteiger partial charge in [0, 0.05) is 30.7 Å². The van der Waals surface area contributed by atoms with E-state index in [1.165, 1.54) is 25.7 Å². The zero-order valence-electron chi connectivity index (χ0n) is 11.2. The summed E-state index contributed by atoms with van der Waals surface area (Å²) in [6.07, 6.45) is 7.85. The van der Waals surface area contributed by atoms with E-state index in [2.05, 4.69) is 19.2 Å². The van der Waals surface area contributed by atoms with Crippen LogP contribution < -0.4 is 5.32 Å². The summed E-state index contributed by atoms with van der Waals surface area (Å²) in [6, 6.07) is 1.04. The molecule has 0 bridgehead atoms. The van der Waals surface area contributed by atoms with E-state index in [9.17, 15) is 0 Å². The van der Waals surface area contributed by atoms with Crippen molar-refractivity contribution < 1.29 is 9.84 Å². The van der Waals surface area contributed by atoms with Crippen LogP contribution in [-0.4, -0.2) is 36.5 Å². The van der Waals surface area contributed by atoms with Crippen LogP contribution in [0.25, 0.3) is 0 Å². The van der Waals surface area contributed by atoms with Gasteiger partial charge in [0.25, 0.3) is 0 Å². The second-order valence-electron chi connectivity index (χ2n) is 5.75. The normalized spacial score (nSPS) is 32.6. The van der Waals surface area contributed by atoms with E-state index in [4.69, 9.17) is 9.84 Å². The molecule has 17 heavy (non-hydrogen) atoms. The van der Waals surface area contributed by atoms with E-state index in [0.717, 1.165) is 19.4 Å². The minimum absolute atomic E-state index is 0.281. The van der Waals surface area contributed by atoms with Crippen LogP contribution in [-0.2, 0) is 4.74 Å². The van der Waals surface area contributed by atoms with Crippen molar-refractivity contribution in [2.24, 2.45) is 5.41 Å².